The normalized spacial score (nSPS) is 11.7. The lowest BCUT2D eigenvalue weighted by Gasteiger charge is -2.13. The maximum Gasteiger partial charge on any atom is 0.416 e. The molecule has 1 N–H and O–H groups in total. The van der Waals surface area contributed by atoms with Crippen LogP contribution in [-0.2, 0) is 12.8 Å². The van der Waals surface area contributed by atoms with Crippen LogP contribution in [0.25, 0.3) is 11.1 Å². The van der Waals surface area contributed by atoms with Gasteiger partial charge < -0.3 is 5.11 Å². The smallest absolute Gasteiger partial charge is 0.392 e. The molecule has 0 unspecified atom stereocenters. The fraction of sp³-hybridized carbons (Fsp3) is 0.143. The molecule has 106 valence electrons. The summed E-state index contributed by atoms with van der Waals surface area (Å²) in [6.45, 7) is -0.684. The Morgan fingerprint density at radius 2 is 1.55 bits per heavy atom. The Morgan fingerprint density at radius 1 is 0.900 bits per heavy atom. The monoisotopic (exact) mass is 288 g/mol. The van der Waals surface area contributed by atoms with Crippen molar-refractivity contribution in [3.8, 4) is 11.1 Å². The van der Waals surface area contributed by atoms with Crippen LogP contribution in [0.2, 0.25) is 0 Å². The van der Waals surface area contributed by atoms with Gasteiger partial charge in [-0.3, -0.25) is 0 Å². The third kappa shape index (κ3) is 2.80. The maximum atomic E-state index is 13.6. The van der Waals surface area contributed by atoms with Gasteiger partial charge in [-0.15, -0.1) is 0 Å². The van der Waals surface area contributed by atoms with Crippen molar-refractivity contribution in [1.82, 2.24) is 0 Å². The van der Waals surface area contributed by atoms with Crippen molar-refractivity contribution in [2.24, 2.45) is 0 Å². The Morgan fingerprint density at radius 3 is 2.10 bits per heavy atom. The summed E-state index contributed by atoms with van der Waals surface area (Å²) in [5.41, 5.74) is -0.986. The van der Waals surface area contributed by atoms with Gasteiger partial charge >= 0.3 is 6.18 Å². The van der Waals surface area contributed by atoms with E-state index >= 15 is 0 Å². The van der Waals surface area contributed by atoms with Crippen LogP contribution in [0.5, 0.6) is 0 Å². The molecular weight excluding hydrogens is 279 g/mol. The molecule has 1 nitrogen and oxygen atoms in total. The van der Waals surface area contributed by atoms with Gasteiger partial charge in [-0.1, -0.05) is 6.07 Å². The van der Waals surface area contributed by atoms with Crippen molar-refractivity contribution in [2.45, 2.75) is 12.8 Å². The van der Waals surface area contributed by atoms with Crippen molar-refractivity contribution >= 4 is 0 Å². The van der Waals surface area contributed by atoms with Crippen molar-refractivity contribution in [2.75, 3.05) is 0 Å². The predicted octanol–water partition coefficient (Wildman–Crippen LogP) is 4.14. The lowest BCUT2D eigenvalue weighted by molar-refractivity contribution is -0.137. The minimum atomic E-state index is -4.55. The highest BCUT2D eigenvalue weighted by Gasteiger charge is 2.31. The average molecular weight is 288 g/mol. The Labute approximate surface area is 111 Å². The number of benzene rings is 2. The molecule has 0 radical (unpaired) electrons. The quantitative estimate of drug-likeness (QED) is 0.823. The van der Waals surface area contributed by atoms with Crippen LogP contribution in [0.4, 0.5) is 22.0 Å². The van der Waals surface area contributed by atoms with Gasteiger partial charge in [0.1, 0.15) is 11.6 Å². The lowest BCUT2D eigenvalue weighted by atomic mass is 9.97. The number of halogens is 5. The molecule has 2 rings (SSSR count). The van der Waals surface area contributed by atoms with E-state index < -0.39 is 30.0 Å². The predicted molar refractivity (Wildman–Crippen MR) is 62.7 cm³/mol. The van der Waals surface area contributed by atoms with Crippen molar-refractivity contribution in [1.29, 1.82) is 0 Å². The van der Waals surface area contributed by atoms with Gasteiger partial charge in [-0.2, -0.15) is 13.2 Å². The van der Waals surface area contributed by atoms with Crippen LogP contribution in [0.3, 0.4) is 0 Å². The number of hydrogen-bond acceptors (Lipinski definition) is 1. The molecule has 0 aliphatic carbocycles. The molecule has 20 heavy (non-hydrogen) atoms. The fourth-order valence-electron chi connectivity index (χ4n) is 1.87. The van der Waals surface area contributed by atoms with E-state index in [0.29, 0.717) is 6.07 Å². The summed E-state index contributed by atoms with van der Waals surface area (Å²) >= 11 is 0. The molecule has 0 aliphatic heterocycles. The van der Waals surface area contributed by atoms with E-state index in [9.17, 15) is 22.0 Å². The summed E-state index contributed by atoms with van der Waals surface area (Å²) in [4.78, 5) is 0. The maximum absolute atomic E-state index is 13.6. The summed E-state index contributed by atoms with van der Waals surface area (Å²) in [6.07, 6.45) is -4.55. The topological polar surface area (TPSA) is 20.2 Å². The first-order chi connectivity index (χ1) is 9.32. The molecule has 0 bridgehead atoms. The molecule has 0 aliphatic rings. The highest BCUT2D eigenvalue weighted by atomic mass is 19.4. The van der Waals surface area contributed by atoms with Crippen molar-refractivity contribution < 1.29 is 27.1 Å². The third-order valence-corrected chi connectivity index (χ3v) is 2.82. The molecule has 2 aromatic carbocycles. The Balaban J connectivity index is 2.57. The fourth-order valence-corrected chi connectivity index (χ4v) is 1.87. The molecule has 0 spiro atoms. The number of hydrogen-bond donors (Lipinski definition) is 1. The van der Waals surface area contributed by atoms with E-state index in [2.05, 4.69) is 0 Å². The van der Waals surface area contributed by atoms with E-state index in [1.807, 2.05) is 0 Å². The van der Waals surface area contributed by atoms with Gasteiger partial charge in [0.25, 0.3) is 0 Å². The Bertz CT molecular complexity index is 634. The molecule has 0 saturated heterocycles. The summed E-state index contributed by atoms with van der Waals surface area (Å²) in [5, 5.41) is 9.15. The molecule has 0 aromatic heterocycles. The zero-order valence-electron chi connectivity index (χ0n) is 10.0. The highest BCUT2D eigenvalue weighted by molar-refractivity contribution is 5.68. The Kier molecular flexibility index (Phi) is 3.76. The highest BCUT2D eigenvalue weighted by Crippen LogP contribution is 2.34. The minimum Gasteiger partial charge on any atom is -0.392 e. The number of rotatable bonds is 2. The number of aliphatic hydroxyl groups excluding tert-OH is 1. The molecule has 0 fully saturated rings. The largest absolute Gasteiger partial charge is 0.416 e. The van der Waals surface area contributed by atoms with Crippen LogP contribution >= 0.6 is 0 Å². The second-order valence-corrected chi connectivity index (χ2v) is 4.15. The van der Waals surface area contributed by atoms with E-state index in [-0.39, 0.29) is 16.7 Å². The third-order valence-electron chi connectivity index (χ3n) is 2.82. The first-order valence-corrected chi connectivity index (χ1v) is 5.59. The second-order valence-electron chi connectivity index (χ2n) is 4.15. The molecule has 0 amide bonds. The summed E-state index contributed by atoms with van der Waals surface area (Å²) in [6, 6.07) is 5.35. The standard InChI is InChI=1S/C14H9F5O/c15-10-2-4-12(13(16)6-10)11-3-1-9(14(17,18)19)5-8(11)7-20/h1-6,20H,7H2. The van der Waals surface area contributed by atoms with E-state index in [4.69, 9.17) is 5.11 Å². The summed E-state index contributed by atoms with van der Waals surface area (Å²) in [7, 11) is 0. The summed E-state index contributed by atoms with van der Waals surface area (Å²) < 4.78 is 64.2. The minimum absolute atomic E-state index is 0.0656. The number of aliphatic hydroxyl groups is 1. The van der Waals surface area contributed by atoms with Gasteiger partial charge in [0.2, 0.25) is 0 Å². The zero-order chi connectivity index (χ0) is 14.9. The van der Waals surface area contributed by atoms with Gasteiger partial charge in [0.15, 0.2) is 0 Å². The first kappa shape index (κ1) is 14.5. The molecule has 6 heteroatoms. The van der Waals surface area contributed by atoms with Crippen LogP contribution in [0.15, 0.2) is 36.4 Å². The second kappa shape index (κ2) is 5.20. The average Bonchev–Trinajstić information content (AvgIpc) is 2.37. The van der Waals surface area contributed by atoms with Gasteiger partial charge in [-0.05, 0) is 35.4 Å². The molecule has 0 saturated carbocycles. The van der Waals surface area contributed by atoms with Gasteiger partial charge in [-0.25, -0.2) is 8.78 Å². The SMILES string of the molecule is OCc1cc(C(F)(F)F)ccc1-c1ccc(F)cc1F. The zero-order valence-corrected chi connectivity index (χ0v) is 10.0. The Hall–Kier alpha value is -1.95. The van der Waals surface area contributed by atoms with E-state index in [1.165, 1.54) is 0 Å². The van der Waals surface area contributed by atoms with Crippen molar-refractivity contribution in [3.05, 3.63) is 59.2 Å². The van der Waals surface area contributed by atoms with E-state index in [0.717, 1.165) is 30.3 Å². The molecule has 0 heterocycles. The molecule has 2 aromatic rings. The van der Waals surface area contributed by atoms with Crippen LogP contribution in [0.1, 0.15) is 11.1 Å². The summed E-state index contributed by atoms with van der Waals surface area (Å²) in [5.74, 6) is -1.69. The van der Waals surface area contributed by atoms with Crippen molar-refractivity contribution in [3.63, 3.8) is 0 Å². The lowest BCUT2D eigenvalue weighted by Crippen LogP contribution is -2.06. The number of alkyl halides is 3. The van der Waals surface area contributed by atoms with E-state index in [1.54, 1.807) is 0 Å². The van der Waals surface area contributed by atoms with Crippen LogP contribution in [-0.4, -0.2) is 5.11 Å². The molecular formula is C14H9F5O. The van der Waals surface area contributed by atoms with Crippen LogP contribution < -0.4 is 0 Å². The molecule has 0 atom stereocenters. The first-order valence-electron chi connectivity index (χ1n) is 5.59. The van der Waals surface area contributed by atoms with Gasteiger partial charge in [0.05, 0.1) is 12.2 Å². The van der Waals surface area contributed by atoms with Gasteiger partial charge in [0, 0.05) is 11.6 Å². The van der Waals surface area contributed by atoms with Crippen LogP contribution in [0, 0.1) is 11.6 Å².